The van der Waals surface area contributed by atoms with E-state index in [0.29, 0.717) is 12.0 Å². The van der Waals surface area contributed by atoms with Crippen molar-refractivity contribution in [2.75, 3.05) is 24.9 Å². The third-order valence-corrected chi connectivity index (χ3v) is 7.61. The quantitative estimate of drug-likeness (QED) is 0.461. The van der Waals surface area contributed by atoms with E-state index in [9.17, 15) is 26.8 Å². The first-order valence-electron chi connectivity index (χ1n) is 11.7. The Kier molecular flexibility index (Phi) is 10.4. The first-order chi connectivity index (χ1) is 16.9. The molecule has 2 rings (SSSR count). The average Bonchev–Trinajstić information content (AvgIpc) is 2.83. The molecule has 2 aromatic carbocycles. The van der Waals surface area contributed by atoms with Crippen LogP contribution in [0.5, 0.6) is 0 Å². The van der Waals surface area contributed by atoms with Crippen molar-refractivity contribution in [1.82, 2.24) is 14.5 Å². The van der Waals surface area contributed by atoms with Crippen molar-refractivity contribution < 1.29 is 26.8 Å². The van der Waals surface area contributed by atoms with E-state index in [1.807, 2.05) is 13.8 Å². The number of benzene rings is 2. The summed E-state index contributed by atoms with van der Waals surface area (Å²) in [5.41, 5.74) is 0.667. The van der Waals surface area contributed by atoms with Gasteiger partial charge in [-0.25, -0.2) is 13.1 Å². The summed E-state index contributed by atoms with van der Waals surface area (Å²) in [6, 6.07) is 9.21. The Labute approximate surface area is 212 Å². The number of carbonyl (C=O) groups is 2. The Morgan fingerprint density at radius 3 is 1.92 bits per heavy atom. The first kappa shape index (κ1) is 29.2. The molecule has 0 bridgehead atoms. The Morgan fingerprint density at radius 1 is 0.917 bits per heavy atom. The second-order valence-corrected chi connectivity index (χ2v) is 10.7. The number of hydrogen-bond donors (Lipinski definition) is 1. The molecule has 0 aliphatic rings. The second kappa shape index (κ2) is 12.8. The lowest BCUT2D eigenvalue weighted by Gasteiger charge is -2.34. The summed E-state index contributed by atoms with van der Waals surface area (Å²) >= 11 is 0. The number of amides is 2. The fraction of sp³-hybridized carbons (Fsp3) is 0.440. The molecule has 0 aliphatic carbocycles. The van der Waals surface area contributed by atoms with E-state index < -0.39 is 40.3 Å². The maximum Gasteiger partial charge on any atom is 0.304 e. The highest BCUT2D eigenvalue weighted by molar-refractivity contribution is 7.90. The number of halogens is 2. The Bertz CT molecular complexity index is 1130. The van der Waals surface area contributed by atoms with Gasteiger partial charge in [-0.15, -0.1) is 0 Å². The minimum Gasteiger partial charge on any atom is -0.352 e. The fourth-order valence-electron chi connectivity index (χ4n) is 3.47. The Morgan fingerprint density at radius 2 is 1.44 bits per heavy atom. The number of anilines is 1. The summed E-state index contributed by atoms with van der Waals surface area (Å²) < 4.78 is 55.0. The molecule has 2 amide bonds. The van der Waals surface area contributed by atoms with Gasteiger partial charge in [-0.05, 0) is 61.7 Å². The zero-order chi connectivity index (χ0) is 27.0. The van der Waals surface area contributed by atoms with Crippen LogP contribution in [0.2, 0.25) is 0 Å². The number of hydrogen-bond acceptors (Lipinski definition) is 4. The number of carbonyl (C=O) groups excluding carboxylic acids is 2. The predicted octanol–water partition coefficient (Wildman–Crippen LogP) is 3.30. The smallest absolute Gasteiger partial charge is 0.304 e. The van der Waals surface area contributed by atoms with Gasteiger partial charge in [-0.3, -0.25) is 9.59 Å². The molecule has 0 spiro atoms. The van der Waals surface area contributed by atoms with Crippen molar-refractivity contribution in [1.29, 1.82) is 0 Å². The summed E-state index contributed by atoms with van der Waals surface area (Å²) in [6.07, 6.45) is 0.958. The molecule has 0 heterocycles. The van der Waals surface area contributed by atoms with E-state index in [1.165, 1.54) is 55.4 Å². The van der Waals surface area contributed by atoms with Gasteiger partial charge in [0, 0.05) is 26.7 Å². The van der Waals surface area contributed by atoms with E-state index in [1.54, 1.807) is 6.92 Å². The third-order valence-electron chi connectivity index (χ3n) is 5.79. The topological polar surface area (TPSA) is 90.0 Å². The molecule has 2 unspecified atom stereocenters. The maximum atomic E-state index is 13.7. The zero-order valence-corrected chi connectivity index (χ0v) is 22.1. The van der Waals surface area contributed by atoms with Gasteiger partial charge in [0.15, 0.2) is 0 Å². The van der Waals surface area contributed by atoms with Gasteiger partial charge < -0.3 is 10.2 Å². The van der Waals surface area contributed by atoms with Gasteiger partial charge in [0.1, 0.15) is 24.2 Å². The van der Waals surface area contributed by atoms with Crippen molar-refractivity contribution in [3.8, 4) is 0 Å². The van der Waals surface area contributed by atoms with Gasteiger partial charge in [0.2, 0.25) is 11.8 Å². The van der Waals surface area contributed by atoms with Crippen LogP contribution in [0.15, 0.2) is 48.5 Å². The molecule has 2 aromatic rings. The van der Waals surface area contributed by atoms with Crippen molar-refractivity contribution in [2.24, 2.45) is 0 Å². The zero-order valence-electron chi connectivity index (χ0n) is 21.2. The minimum absolute atomic E-state index is 0.0369. The van der Waals surface area contributed by atoms with Crippen LogP contribution < -0.4 is 9.62 Å². The lowest BCUT2D eigenvalue weighted by atomic mass is 10.1. The molecular weight excluding hydrogens is 490 g/mol. The fourth-order valence-corrected chi connectivity index (χ4v) is 4.53. The van der Waals surface area contributed by atoms with Crippen molar-refractivity contribution in [2.45, 2.75) is 52.2 Å². The SMILES string of the molecule is CCC(C)NC(=O)C(CC)N(Cc1ccc(F)cc1)C(=O)CN(c1ccc(F)cc1)S(=O)(=O)N(C)C. The third kappa shape index (κ3) is 7.47. The standard InChI is InChI=1S/C25H34F2N4O4S/c1-6-18(3)28-25(33)23(7-2)30(16-19-8-10-20(26)11-9-19)24(32)17-31(36(34,35)29(4)5)22-14-12-21(27)13-15-22/h8-15,18,23H,6-7,16-17H2,1-5H3,(H,28,33). The summed E-state index contributed by atoms with van der Waals surface area (Å²) in [5, 5.41) is 2.88. The Balaban J connectivity index is 2.48. The van der Waals surface area contributed by atoms with Crippen LogP contribution in [-0.2, 0) is 26.3 Å². The summed E-state index contributed by atoms with van der Waals surface area (Å²) in [4.78, 5) is 28.1. The van der Waals surface area contributed by atoms with E-state index in [0.717, 1.165) is 20.7 Å². The molecule has 198 valence electrons. The molecule has 0 aliphatic heterocycles. The molecule has 0 aromatic heterocycles. The van der Waals surface area contributed by atoms with Crippen LogP contribution in [0.25, 0.3) is 0 Å². The average molecular weight is 525 g/mol. The molecular formula is C25H34F2N4O4S. The second-order valence-electron chi connectivity index (χ2n) is 8.66. The normalized spacial score (nSPS) is 13.2. The molecule has 0 saturated carbocycles. The van der Waals surface area contributed by atoms with E-state index in [4.69, 9.17) is 0 Å². The highest BCUT2D eigenvalue weighted by Crippen LogP contribution is 2.22. The van der Waals surface area contributed by atoms with Crippen LogP contribution in [0, 0.1) is 11.6 Å². The minimum atomic E-state index is -4.14. The van der Waals surface area contributed by atoms with Crippen LogP contribution >= 0.6 is 0 Å². The highest BCUT2D eigenvalue weighted by Gasteiger charge is 2.34. The van der Waals surface area contributed by atoms with Crippen LogP contribution in [0.3, 0.4) is 0 Å². The molecule has 36 heavy (non-hydrogen) atoms. The number of nitrogens with zero attached hydrogens (tertiary/aromatic N) is 3. The molecule has 0 saturated heterocycles. The van der Waals surface area contributed by atoms with E-state index in [-0.39, 0.29) is 30.6 Å². The molecule has 2 atom stereocenters. The van der Waals surface area contributed by atoms with E-state index >= 15 is 0 Å². The Hall–Kier alpha value is -3.05. The summed E-state index contributed by atoms with van der Waals surface area (Å²) in [7, 11) is -1.50. The van der Waals surface area contributed by atoms with Gasteiger partial charge in [-0.1, -0.05) is 26.0 Å². The van der Waals surface area contributed by atoms with Crippen molar-refractivity contribution >= 4 is 27.7 Å². The summed E-state index contributed by atoms with van der Waals surface area (Å²) in [5.74, 6) is -2.01. The molecule has 0 fully saturated rings. The molecule has 1 N–H and O–H groups in total. The first-order valence-corrected chi connectivity index (χ1v) is 13.1. The van der Waals surface area contributed by atoms with Crippen LogP contribution in [-0.4, -0.2) is 62.2 Å². The molecule has 11 heteroatoms. The van der Waals surface area contributed by atoms with Gasteiger partial charge in [-0.2, -0.15) is 12.7 Å². The summed E-state index contributed by atoms with van der Waals surface area (Å²) in [6.45, 7) is 4.85. The predicted molar refractivity (Wildman–Crippen MR) is 135 cm³/mol. The van der Waals surface area contributed by atoms with Crippen LogP contribution in [0.4, 0.5) is 14.5 Å². The van der Waals surface area contributed by atoms with Gasteiger partial charge in [0.05, 0.1) is 5.69 Å². The molecule has 0 radical (unpaired) electrons. The molecule has 8 nitrogen and oxygen atoms in total. The lowest BCUT2D eigenvalue weighted by Crippen LogP contribution is -2.54. The number of nitrogens with one attached hydrogen (secondary N) is 1. The number of rotatable bonds is 12. The lowest BCUT2D eigenvalue weighted by molar-refractivity contribution is -0.140. The largest absolute Gasteiger partial charge is 0.352 e. The van der Waals surface area contributed by atoms with Gasteiger partial charge in [0.25, 0.3) is 0 Å². The monoisotopic (exact) mass is 524 g/mol. The van der Waals surface area contributed by atoms with Crippen LogP contribution in [0.1, 0.15) is 39.2 Å². The van der Waals surface area contributed by atoms with Gasteiger partial charge >= 0.3 is 10.2 Å². The van der Waals surface area contributed by atoms with Crippen molar-refractivity contribution in [3.63, 3.8) is 0 Å². The highest BCUT2D eigenvalue weighted by atomic mass is 32.2. The maximum absolute atomic E-state index is 13.7. The van der Waals surface area contributed by atoms with E-state index in [2.05, 4.69) is 5.32 Å². The van der Waals surface area contributed by atoms with Crippen molar-refractivity contribution in [3.05, 3.63) is 65.7 Å².